The number of amides is 2. The molecule has 0 saturated carbocycles. The third-order valence-corrected chi connectivity index (χ3v) is 4.88. The van der Waals surface area contributed by atoms with Gasteiger partial charge in [-0.25, -0.2) is 4.90 Å². The summed E-state index contributed by atoms with van der Waals surface area (Å²) in [4.78, 5) is 36.5. The minimum atomic E-state index is -0.362. The first-order valence-corrected chi connectivity index (χ1v) is 8.30. The van der Waals surface area contributed by atoms with Crippen LogP contribution in [0.15, 0.2) is 36.4 Å². The summed E-state index contributed by atoms with van der Waals surface area (Å²) in [5.74, 6) is -0.634. The van der Waals surface area contributed by atoms with Crippen molar-refractivity contribution in [3.05, 3.63) is 42.0 Å². The number of benzene rings is 1. The highest BCUT2D eigenvalue weighted by atomic mass is 16.5. The zero-order chi connectivity index (χ0) is 18.0. The van der Waals surface area contributed by atoms with Gasteiger partial charge in [0.15, 0.2) is 0 Å². The van der Waals surface area contributed by atoms with Crippen LogP contribution < -0.4 is 4.90 Å². The fourth-order valence-corrected chi connectivity index (χ4v) is 2.81. The SMILES string of the molecule is CC(C)C1(COC(=O)Cc2ccc(N3C(=O)C=CC3=O)cc2)COC1. The highest BCUT2D eigenvalue weighted by molar-refractivity contribution is 6.28. The lowest BCUT2D eigenvalue weighted by Crippen LogP contribution is -2.50. The van der Waals surface area contributed by atoms with Crippen LogP contribution in [-0.4, -0.2) is 37.6 Å². The van der Waals surface area contributed by atoms with E-state index in [1.807, 2.05) is 0 Å². The molecule has 1 fully saturated rings. The van der Waals surface area contributed by atoms with Crippen molar-refractivity contribution in [1.82, 2.24) is 0 Å². The molecule has 3 rings (SSSR count). The fourth-order valence-electron chi connectivity index (χ4n) is 2.81. The van der Waals surface area contributed by atoms with E-state index >= 15 is 0 Å². The number of anilines is 1. The van der Waals surface area contributed by atoms with Crippen molar-refractivity contribution >= 4 is 23.5 Å². The maximum atomic E-state index is 12.1. The highest BCUT2D eigenvalue weighted by Crippen LogP contribution is 2.36. The van der Waals surface area contributed by atoms with Crippen molar-refractivity contribution in [1.29, 1.82) is 0 Å². The Bertz CT molecular complexity index is 698. The van der Waals surface area contributed by atoms with Gasteiger partial charge >= 0.3 is 5.97 Å². The van der Waals surface area contributed by atoms with Crippen LogP contribution in [0.5, 0.6) is 0 Å². The largest absolute Gasteiger partial charge is 0.465 e. The Balaban J connectivity index is 1.55. The zero-order valence-electron chi connectivity index (χ0n) is 14.4. The average molecular weight is 343 g/mol. The number of hydrogen-bond acceptors (Lipinski definition) is 5. The maximum absolute atomic E-state index is 12.1. The van der Waals surface area contributed by atoms with Gasteiger partial charge in [-0.15, -0.1) is 0 Å². The summed E-state index contributed by atoms with van der Waals surface area (Å²) in [5, 5.41) is 0. The van der Waals surface area contributed by atoms with Gasteiger partial charge < -0.3 is 9.47 Å². The lowest BCUT2D eigenvalue weighted by atomic mass is 9.76. The summed E-state index contributed by atoms with van der Waals surface area (Å²) in [7, 11) is 0. The molecule has 2 heterocycles. The number of ether oxygens (including phenoxy) is 2. The van der Waals surface area contributed by atoms with Crippen LogP contribution in [0.25, 0.3) is 0 Å². The van der Waals surface area contributed by atoms with Gasteiger partial charge in [0.1, 0.15) is 6.61 Å². The summed E-state index contributed by atoms with van der Waals surface area (Å²) in [6.07, 6.45) is 2.63. The van der Waals surface area contributed by atoms with E-state index in [-0.39, 0.29) is 29.6 Å². The van der Waals surface area contributed by atoms with E-state index in [4.69, 9.17) is 9.47 Å². The molecule has 6 nitrogen and oxygen atoms in total. The molecule has 132 valence electrons. The van der Waals surface area contributed by atoms with Crippen LogP contribution in [0.3, 0.4) is 0 Å². The van der Waals surface area contributed by atoms with Gasteiger partial charge in [0.25, 0.3) is 11.8 Å². The lowest BCUT2D eigenvalue weighted by Gasteiger charge is -2.44. The first kappa shape index (κ1) is 17.4. The van der Waals surface area contributed by atoms with Crippen molar-refractivity contribution in [2.24, 2.45) is 11.3 Å². The van der Waals surface area contributed by atoms with Gasteiger partial charge in [-0.3, -0.25) is 14.4 Å². The van der Waals surface area contributed by atoms with Gasteiger partial charge in [-0.05, 0) is 23.6 Å². The molecular weight excluding hydrogens is 322 g/mol. The van der Waals surface area contributed by atoms with E-state index in [1.165, 1.54) is 12.2 Å². The topological polar surface area (TPSA) is 72.9 Å². The Morgan fingerprint density at radius 1 is 1.16 bits per heavy atom. The first-order chi connectivity index (χ1) is 11.9. The first-order valence-electron chi connectivity index (χ1n) is 8.30. The lowest BCUT2D eigenvalue weighted by molar-refractivity contribution is -0.181. The third-order valence-electron chi connectivity index (χ3n) is 4.88. The van der Waals surface area contributed by atoms with Crippen molar-refractivity contribution in [2.45, 2.75) is 20.3 Å². The van der Waals surface area contributed by atoms with Crippen LogP contribution >= 0.6 is 0 Å². The van der Waals surface area contributed by atoms with Gasteiger partial charge in [0.05, 0.1) is 30.7 Å². The van der Waals surface area contributed by atoms with E-state index in [0.717, 1.165) is 10.5 Å². The Hall–Kier alpha value is -2.47. The molecular formula is C19H21NO5. The smallest absolute Gasteiger partial charge is 0.310 e. The quantitative estimate of drug-likeness (QED) is 0.582. The second kappa shape index (κ2) is 6.80. The molecule has 0 spiro atoms. The zero-order valence-corrected chi connectivity index (χ0v) is 14.4. The molecule has 6 heteroatoms. The van der Waals surface area contributed by atoms with Gasteiger partial charge in [-0.2, -0.15) is 0 Å². The number of carbonyl (C=O) groups excluding carboxylic acids is 3. The number of rotatable bonds is 6. The van der Waals surface area contributed by atoms with Crippen LogP contribution in [0.1, 0.15) is 19.4 Å². The summed E-state index contributed by atoms with van der Waals surface area (Å²) in [6.45, 7) is 5.82. The van der Waals surface area contributed by atoms with E-state index in [0.29, 0.717) is 31.4 Å². The number of nitrogens with zero attached hydrogens (tertiary/aromatic N) is 1. The molecule has 0 bridgehead atoms. The summed E-state index contributed by atoms with van der Waals surface area (Å²) in [6, 6.07) is 6.75. The molecule has 0 unspecified atom stereocenters. The van der Waals surface area contributed by atoms with Crippen molar-refractivity contribution in [3.8, 4) is 0 Å². The standard InChI is InChI=1S/C19H21NO5/c1-13(2)19(10-24-11-19)12-25-18(23)9-14-3-5-15(6-4-14)20-16(21)7-8-17(20)22/h3-8,13H,9-12H2,1-2H3. The van der Waals surface area contributed by atoms with E-state index in [9.17, 15) is 14.4 Å². The molecule has 2 amide bonds. The molecule has 2 aliphatic rings. The molecule has 0 aliphatic carbocycles. The number of imide groups is 1. The van der Waals surface area contributed by atoms with Crippen molar-refractivity contribution in [3.63, 3.8) is 0 Å². The van der Waals surface area contributed by atoms with Crippen LogP contribution in [0.2, 0.25) is 0 Å². The van der Waals surface area contributed by atoms with E-state index in [2.05, 4.69) is 13.8 Å². The molecule has 1 aromatic rings. The Labute approximate surface area is 146 Å². The minimum Gasteiger partial charge on any atom is -0.465 e. The fraction of sp³-hybridized carbons (Fsp3) is 0.421. The Morgan fingerprint density at radius 2 is 1.76 bits per heavy atom. The molecule has 1 aromatic carbocycles. The van der Waals surface area contributed by atoms with Crippen LogP contribution in [-0.2, 0) is 30.3 Å². The Morgan fingerprint density at radius 3 is 2.24 bits per heavy atom. The summed E-state index contributed by atoms with van der Waals surface area (Å²) >= 11 is 0. The molecule has 0 aromatic heterocycles. The van der Waals surface area contributed by atoms with Crippen LogP contribution in [0, 0.1) is 11.3 Å². The molecule has 0 atom stereocenters. The minimum absolute atomic E-state index is 0.0665. The van der Waals surface area contributed by atoms with Gasteiger partial charge in [0, 0.05) is 12.2 Å². The summed E-state index contributed by atoms with van der Waals surface area (Å²) < 4.78 is 10.7. The van der Waals surface area contributed by atoms with E-state index in [1.54, 1.807) is 24.3 Å². The second-order valence-electron chi connectivity index (χ2n) is 6.86. The second-order valence-corrected chi connectivity index (χ2v) is 6.86. The monoisotopic (exact) mass is 343 g/mol. The molecule has 25 heavy (non-hydrogen) atoms. The predicted octanol–water partition coefficient (Wildman–Crippen LogP) is 1.87. The normalized spacial score (nSPS) is 18.6. The highest BCUT2D eigenvalue weighted by Gasteiger charge is 2.42. The van der Waals surface area contributed by atoms with E-state index < -0.39 is 0 Å². The van der Waals surface area contributed by atoms with Crippen molar-refractivity contribution in [2.75, 3.05) is 24.7 Å². The molecule has 1 saturated heterocycles. The van der Waals surface area contributed by atoms with Crippen molar-refractivity contribution < 1.29 is 23.9 Å². The third kappa shape index (κ3) is 3.49. The number of carbonyl (C=O) groups is 3. The molecule has 0 N–H and O–H groups in total. The number of esters is 1. The maximum Gasteiger partial charge on any atom is 0.310 e. The van der Waals surface area contributed by atoms with Gasteiger partial charge in [-0.1, -0.05) is 26.0 Å². The average Bonchev–Trinajstić information content (AvgIpc) is 2.86. The van der Waals surface area contributed by atoms with Gasteiger partial charge in [0.2, 0.25) is 0 Å². The molecule has 0 radical (unpaired) electrons. The Kier molecular flexibility index (Phi) is 4.72. The predicted molar refractivity (Wildman–Crippen MR) is 90.8 cm³/mol. The summed E-state index contributed by atoms with van der Waals surface area (Å²) in [5.41, 5.74) is 1.19. The van der Waals surface area contributed by atoms with Crippen LogP contribution in [0.4, 0.5) is 5.69 Å². The number of hydrogen-bond donors (Lipinski definition) is 0. The molecule has 2 aliphatic heterocycles.